The molecule has 1 atom stereocenters. The molecule has 202 valence electrons. The smallest absolute Gasteiger partial charge is 0.264 e. The average Bonchev–Trinajstić information content (AvgIpc) is 2.92. The van der Waals surface area contributed by atoms with Crippen LogP contribution in [-0.2, 0) is 26.2 Å². The molecule has 0 spiro atoms. The average molecular weight is 558 g/mol. The molecular formula is C28H32ClN3O5S. The molecule has 2 amide bonds. The number of carbonyl (C=O) groups is 2. The van der Waals surface area contributed by atoms with E-state index in [2.05, 4.69) is 5.32 Å². The summed E-state index contributed by atoms with van der Waals surface area (Å²) in [5, 5.41) is 3.04. The summed E-state index contributed by atoms with van der Waals surface area (Å²) in [5.74, 6) is -0.638. The van der Waals surface area contributed by atoms with E-state index in [0.29, 0.717) is 22.8 Å². The molecule has 0 aliphatic carbocycles. The Balaban J connectivity index is 2.13. The van der Waals surface area contributed by atoms with Crippen LogP contribution < -0.4 is 14.4 Å². The van der Waals surface area contributed by atoms with Crippen LogP contribution in [0.2, 0.25) is 5.02 Å². The molecule has 1 unspecified atom stereocenters. The number of sulfonamides is 1. The number of halogens is 1. The molecule has 0 aromatic heterocycles. The van der Waals surface area contributed by atoms with Crippen LogP contribution in [0.4, 0.5) is 5.69 Å². The second-order valence-corrected chi connectivity index (χ2v) is 10.9. The van der Waals surface area contributed by atoms with E-state index < -0.39 is 28.5 Å². The lowest BCUT2D eigenvalue weighted by Crippen LogP contribution is -2.51. The Bertz CT molecular complexity index is 1380. The molecule has 0 saturated carbocycles. The van der Waals surface area contributed by atoms with Gasteiger partial charge in [0.25, 0.3) is 10.0 Å². The van der Waals surface area contributed by atoms with Gasteiger partial charge in [-0.15, -0.1) is 0 Å². The Morgan fingerprint density at radius 2 is 1.68 bits per heavy atom. The molecule has 3 aromatic carbocycles. The van der Waals surface area contributed by atoms with Crippen LogP contribution in [0.1, 0.15) is 24.5 Å². The van der Waals surface area contributed by atoms with Crippen LogP contribution in [0.3, 0.4) is 0 Å². The number of hydrogen-bond acceptors (Lipinski definition) is 5. The number of aryl methyl sites for hydroxylation is 1. The highest BCUT2D eigenvalue weighted by Gasteiger charge is 2.34. The minimum atomic E-state index is -4.19. The number of benzene rings is 3. The second kappa shape index (κ2) is 12.8. The maximum absolute atomic E-state index is 14.0. The molecule has 3 rings (SSSR count). The van der Waals surface area contributed by atoms with Gasteiger partial charge >= 0.3 is 0 Å². The summed E-state index contributed by atoms with van der Waals surface area (Å²) in [4.78, 5) is 28.2. The molecule has 0 aliphatic rings. The third kappa shape index (κ3) is 6.46. The monoisotopic (exact) mass is 557 g/mol. The quantitative estimate of drug-likeness (QED) is 0.377. The van der Waals surface area contributed by atoms with Gasteiger partial charge in [0.2, 0.25) is 11.8 Å². The Morgan fingerprint density at radius 3 is 2.29 bits per heavy atom. The van der Waals surface area contributed by atoms with Crippen molar-refractivity contribution in [2.75, 3.05) is 25.0 Å². The highest BCUT2D eigenvalue weighted by molar-refractivity contribution is 7.92. The molecule has 0 bridgehead atoms. The van der Waals surface area contributed by atoms with Crippen molar-refractivity contribution in [2.24, 2.45) is 0 Å². The normalized spacial score (nSPS) is 11.9. The molecule has 0 fully saturated rings. The van der Waals surface area contributed by atoms with Crippen molar-refractivity contribution in [3.63, 3.8) is 0 Å². The number of methoxy groups -OCH3 is 1. The molecule has 0 heterocycles. The Morgan fingerprint density at radius 1 is 1.03 bits per heavy atom. The van der Waals surface area contributed by atoms with Crippen molar-refractivity contribution >= 4 is 39.1 Å². The third-order valence-electron chi connectivity index (χ3n) is 6.14. The lowest BCUT2D eigenvalue weighted by Gasteiger charge is -2.33. The van der Waals surface area contributed by atoms with Crippen molar-refractivity contribution in [1.82, 2.24) is 10.2 Å². The van der Waals surface area contributed by atoms with Crippen LogP contribution in [0.5, 0.6) is 5.75 Å². The Labute approximate surface area is 229 Å². The fraction of sp³-hybridized carbons (Fsp3) is 0.286. The van der Waals surface area contributed by atoms with Gasteiger partial charge in [-0.3, -0.25) is 13.9 Å². The molecule has 1 N–H and O–H groups in total. The first kappa shape index (κ1) is 29.0. The van der Waals surface area contributed by atoms with Crippen molar-refractivity contribution in [2.45, 2.75) is 37.8 Å². The lowest BCUT2D eigenvalue weighted by molar-refractivity contribution is -0.140. The number of nitrogens with zero attached hydrogens (tertiary/aromatic N) is 2. The first-order valence-corrected chi connectivity index (χ1v) is 13.9. The van der Waals surface area contributed by atoms with Crippen molar-refractivity contribution in [3.05, 3.63) is 88.9 Å². The largest absolute Gasteiger partial charge is 0.495 e. The van der Waals surface area contributed by atoms with Gasteiger partial charge in [-0.25, -0.2) is 8.42 Å². The highest BCUT2D eigenvalue weighted by Crippen LogP contribution is 2.34. The summed E-state index contributed by atoms with van der Waals surface area (Å²) >= 11 is 6.38. The fourth-order valence-electron chi connectivity index (χ4n) is 4.12. The predicted octanol–water partition coefficient (Wildman–Crippen LogP) is 4.41. The van der Waals surface area contributed by atoms with Crippen LogP contribution in [0.15, 0.2) is 77.7 Å². The standard InChI is InChI=1S/C28H32ClN3O5S/c1-5-24(28(34)30-3)31(18-21-11-9-10-14-23(21)29)27(33)19-32(25-17-20(2)15-16-26(25)37-4)38(35,36)22-12-7-6-8-13-22/h6-17,24H,5,18-19H2,1-4H3,(H,30,34). The van der Waals surface area contributed by atoms with Crippen molar-refractivity contribution < 1.29 is 22.7 Å². The van der Waals surface area contributed by atoms with Crippen molar-refractivity contribution in [3.8, 4) is 5.75 Å². The number of amides is 2. The van der Waals surface area contributed by atoms with Crippen molar-refractivity contribution in [1.29, 1.82) is 0 Å². The van der Waals surface area contributed by atoms with E-state index in [1.54, 1.807) is 67.6 Å². The van der Waals surface area contributed by atoms with Gasteiger partial charge in [-0.05, 0) is 54.8 Å². The van der Waals surface area contributed by atoms with Gasteiger partial charge in [0.1, 0.15) is 18.3 Å². The summed E-state index contributed by atoms with van der Waals surface area (Å²) in [7, 11) is -1.26. The van der Waals surface area contributed by atoms with Gasteiger partial charge in [0.05, 0.1) is 17.7 Å². The number of carbonyl (C=O) groups excluding carboxylic acids is 2. The van der Waals surface area contributed by atoms with E-state index >= 15 is 0 Å². The van der Waals surface area contributed by atoms with Gasteiger partial charge < -0.3 is 15.0 Å². The summed E-state index contributed by atoms with van der Waals surface area (Å²) in [5.41, 5.74) is 1.64. The molecule has 10 heteroatoms. The van der Waals surface area contributed by atoms with Gasteiger partial charge in [-0.1, -0.05) is 61.0 Å². The third-order valence-corrected chi connectivity index (χ3v) is 8.29. The lowest BCUT2D eigenvalue weighted by atomic mass is 10.1. The minimum Gasteiger partial charge on any atom is -0.495 e. The van der Waals surface area contributed by atoms with E-state index in [1.165, 1.54) is 31.2 Å². The predicted molar refractivity (Wildman–Crippen MR) is 149 cm³/mol. The highest BCUT2D eigenvalue weighted by atomic mass is 35.5. The molecule has 0 aliphatic heterocycles. The number of ether oxygens (including phenoxy) is 1. The SMILES string of the molecule is CCC(C(=O)NC)N(Cc1ccccc1Cl)C(=O)CN(c1cc(C)ccc1OC)S(=O)(=O)c1ccccc1. The second-order valence-electron chi connectivity index (χ2n) is 8.65. The molecule has 0 radical (unpaired) electrons. The van der Waals surface area contributed by atoms with E-state index in [9.17, 15) is 18.0 Å². The summed E-state index contributed by atoms with van der Waals surface area (Å²) < 4.78 is 34.3. The minimum absolute atomic E-state index is 0.0207. The number of hydrogen-bond donors (Lipinski definition) is 1. The maximum Gasteiger partial charge on any atom is 0.264 e. The van der Waals surface area contributed by atoms with E-state index in [-0.39, 0.29) is 23.0 Å². The molecule has 0 saturated heterocycles. The van der Waals surface area contributed by atoms with E-state index in [0.717, 1.165) is 9.87 Å². The van der Waals surface area contributed by atoms with Crippen LogP contribution in [0.25, 0.3) is 0 Å². The zero-order chi connectivity index (χ0) is 27.9. The van der Waals surface area contributed by atoms with E-state index in [1.807, 2.05) is 6.92 Å². The number of likely N-dealkylation sites (N-methyl/N-ethyl adjacent to an activating group) is 1. The first-order valence-electron chi connectivity index (χ1n) is 12.1. The number of nitrogens with one attached hydrogen (secondary N) is 1. The fourth-order valence-corrected chi connectivity index (χ4v) is 5.76. The summed E-state index contributed by atoms with van der Waals surface area (Å²) in [6.45, 7) is 3.07. The first-order chi connectivity index (χ1) is 18.1. The molecular weight excluding hydrogens is 526 g/mol. The molecule has 3 aromatic rings. The van der Waals surface area contributed by atoms with Crippen LogP contribution in [0, 0.1) is 6.92 Å². The zero-order valence-electron chi connectivity index (χ0n) is 21.8. The van der Waals surface area contributed by atoms with Gasteiger partial charge in [-0.2, -0.15) is 0 Å². The van der Waals surface area contributed by atoms with E-state index in [4.69, 9.17) is 16.3 Å². The maximum atomic E-state index is 14.0. The number of rotatable bonds is 11. The Kier molecular flexibility index (Phi) is 9.77. The van der Waals surface area contributed by atoms with Gasteiger partial charge in [0.15, 0.2) is 0 Å². The molecule has 38 heavy (non-hydrogen) atoms. The Hall–Kier alpha value is -3.56. The molecule has 8 nitrogen and oxygen atoms in total. The number of anilines is 1. The van der Waals surface area contributed by atoms with Gasteiger partial charge in [0, 0.05) is 18.6 Å². The summed E-state index contributed by atoms with van der Waals surface area (Å²) in [6, 6.07) is 19.2. The topological polar surface area (TPSA) is 96.0 Å². The summed E-state index contributed by atoms with van der Waals surface area (Å²) in [6.07, 6.45) is 0.315. The van der Waals surface area contributed by atoms with Crippen LogP contribution >= 0.6 is 11.6 Å². The zero-order valence-corrected chi connectivity index (χ0v) is 23.4. The van der Waals surface area contributed by atoms with Crippen LogP contribution in [-0.4, -0.2) is 51.9 Å².